The Labute approximate surface area is 121 Å². The molecule has 110 valence electrons. The molecule has 1 aliphatic rings. The monoisotopic (exact) mass is 300 g/mol. The van der Waals surface area contributed by atoms with Crippen molar-refractivity contribution in [3.8, 4) is 0 Å². The molecule has 1 aliphatic heterocycles. The molecule has 1 saturated heterocycles. The molecule has 2 rings (SSSR count). The normalized spacial score (nSPS) is 24.2. The molecular weight excluding hydrogens is 282 g/mol. The lowest BCUT2D eigenvalue weighted by Crippen LogP contribution is -2.35. The molecule has 1 heterocycles. The molecule has 1 aromatic rings. The quantitative estimate of drug-likeness (QED) is 0.927. The van der Waals surface area contributed by atoms with Crippen LogP contribution in [0.5, 0.6) is 0 Å². The van der Waals surface area contributed by atoms with Crippen LogP contribution in [0.2, 0.25) is 0 Å². The average Bonchev–Trinajstić information content (AvgIpc) is 2.67. The van der Waals surface area contributed by atoms with Crippen LogP contribution in [0, 0.1) is 11.6 Å². The molecule has 0 radical (unpaired) electrons. The fraction of sp³-hybridized carbons (Fsp3) is 0.500. The van der Waals surface area contributed by atoms with Crippen molar-refractivity contribution in [3.05, 3.63) is 35.4 Å². The number of benzene rings is 1. The Morgan fingerprint density at radius 2 is 2.15 bits per heavy atom. The van der Waals surface area contributed by atoms with Gasteiger partial charge in [-0.2, -0.15) is 11.8 Å². The highest BCUT2D eigenvalue weighted by atomic mass is 32.2. The van der Waals surface area contributed by atoms with Gasteiger partial charge in [-0.1, -0.05) is 6.92 Å². The number of amides is 1. The lowest BCUT2D eigenvalue weighted by atomic mass is 10.1. The first-order valence-electron chi connectivity index (χ1n) is 6.48. The smallest absolute Gasteiger partial charge is 0.241 e. The third kappa shape index (κ3) is 2.96. The third-order valence-corrected chi connectivity index (χ3v) is 4.44. The van der Waals surface area contributed by atoms with Crippen molar-refractivity contribution in [2.24, 2.45) is 0 Å². The summed E-state index contributed by atoms with van der Waals surface area (Å²) in [4.78, 5) is 13.8. The first kappa shape index (κ1) is 15.3. The summed E-state index contributed by atoms with van der Waals surface area (Å²) in [7, 11) is 0. The van der Waals surface area contributed by atoms with E-state index in [9.17, 15) is 13.6 Å². The van der Waals surface area contributed by atoms with Gasteiger partial charge in [0.05, 0.1) is 6.04 Å². The Morgan fingerprint density at radius 1 is 1.45 bits per heavy atom. The number of nitrogens with zero attached hydrogens (tertiary/aromatic N) is 1. The van der Waals surface area contributed by atoms with Gasteiger partial charge in [-0.15, -0.1) is 0 Å². The summed E-state index contributed by atoms with van der Waals surface area (Å²) in [6, 6.07) is 3.09. The van der Waals surface area contributed by atoms with E-state index in [-0.39, 0.29) is 17.2 Å². The van der Waals surface area contributed by atoms with Gasteiger partial charge in [-0.25, -0.2) is 8.78 Å². The number of halogens is 2. The van der Waals surface area contributed by atoms with Crippen LogP contribution in [0.1, 0.15) is 25.6 Å². The fourth-order valence-corrected chi connectivity index (χ4v) is 2.61. The number of carbonyl (C=O) groups is 1. The van der Waals surface area contributed by atoms with Crippen LogP contribution >= 0.6 is 11.8 Å². The van der Waals surface area contributed by atoms with E-state index < -0.39 is 17.8 Å². The van der Waals surface area contributed by atoms with Gasteiger partial charge in [0.15, 0.2) is 0 Å². The van der Waals surface area contributed by atoms with Crippen molar-refractivity contribution >= 4 is 17.7 Å². The van der Waals surface area contributed by atoms with E-state index in [1.54, 1.807) is 23.6 Å². The van der Waals surface area contributed by atoms with Crippen LogP contribution < -0.4 is 5.32 Å². The summed E-state index contributed by atoms with van der Waals surface area (Å²) in [6.45, 7) is 4.29. The third-order valence-electron chi connectivity index (χ3n) is 3.49. The molecule has 0 saturated carbocycles. The topological polar surface area (TPSA) is 32.3 Å². The Morgan fingerprint density at radius 3 is 2.75 bits per heavy atom. The van der Waals surface area contributed by atoms with Gasteiger partial charge in [0.2, 0.25) is 5.91 Å². The van der Waals surface area contributed by atoms with E-state index >= 15 is 0 Å². The maximum atomic E-state index is 13.9. The van der Waals surface area contributed by atoms with Gasteiger partial charge in [-0.3, -0.25) is 10.1 Å². The SMILES string of the molecule is CSC(C)CN1C(=O)C(C)NC1c1ccc(F)cc1F. The lowest BCUT2D eigenvalue weighted by molar-refractivity contribution is -0.129. The highest BCUT2D eigenvalue weighted by Crippen LogP contribution is 2.28. The number of nitrogens with one attached hydrogen (secondary N) is 1. The highest BCUT2D eigenvalue weighted by molar-refractivity contribution is 7.99. The maximum Gasteiger partial charge on any atom is 0.241 e. The number of hydrogen-bond acceptors (Lipinski definition) is 3. The molecule has 0 aliphatic carbocycles. The van der Waals surface area contributed by atoms with Crippen LogP contribution in [0.25, 0.3) is 0 Å². The summed E-state index contributed by atoms with van der Waals surface area (Å²) in [5.41, 5.74) is 0.303. The summed E-state index contributed by atoms with van der Waals surface area (Å²) in [5.74, 6) is -1.31. The second kappa shape index (κ2) is 6.10. The van der Waals surface area contributed by atoms with Crippen LogP contribution in [-0.4, -0.2) is 34.9 Å². The highest BCUT2D eigenvalue weighted by Gasteiger charge is 2.38. The Hall–Kier alpha value is -1.14. The van der Waals surface area contributed by atoms with E-state index in [2.05, 4.69) is 5.32 Å². The number of hydrogen-bond donors (Lipinski definition) is 1. The number of carbonyl (C=O) groups excluding carboxylic acids is 1. The Bertz CT molecular complexity index is 512. The molecule has 0 spiro atoms. The van der Waals surface area contributed by atoms with Crippen molar-refractivity contribution in [2.45, 2.75) is 31.3 Å². The summed E-state index contributed by atoms with van der Waals surface area (Å²) < 4.78 is 26.9. The average molecular weight is 300 g/mol. The minimum atomic E-state index is -0.633. The van der Waals surface area contributed by atoms with E-state index in [0.29, 0.717) is 12.1 Å². The zero-order chi connectivity index (χ0) is 14.9. The van der Waals surface area contributed by atoms with Gasteiger partial charge in [0.25, 0.3) is 0 Å². The molecule has 6 heteroatoms. The second-order valence-electron chi connectivity index (χ2n) is 4.99. The van der Waals surface area contributed by atoms with E-state index in [1.165, 1.54) is 12.1 Å². The summed E-state index contributed by atoms with van der Waals surface area (Å²) in [5, 5.41) is 3.31. The zero-order valence-electron chi connectivity index (χ0n) is 11.7. The molecule has 1 amide bonds. The molecule has 3 nitrogen and oxygen atoms in total. The molecule has 3 unspecified atom stereocenters. The Kier molecular flexibility index (Phi) is 4.65. The van der Waals surface area contributed by atoms with Crippen LogP contribution in [0.4, 0.5) is 8.78 Å². The van der Waals surface area contributed by atoms with Crippen LogP contribution in [0.15, 0.2) is 18.2 Å². The molecule has 1 N–H and O–H groups in total. The number of rotatable bonds is 4. The van der Waals surface area contributed by atoms with Crippen LogP contribution in [-0.2, 0) is 4.79 Å². The molecule has 20 heavy (non-hydrogen) atoms. The van der Waals surface area contributed by atoms with Gasteiger partial charge >= 0.3 is 0 Å². The standard InChI is InChI=1S/C14H18F2N2OS/c1-8(20-3)7-18-13(17-9(2)14(18)19)11-5-4-10(15)6-12(11)16/h4-6,8-9,13,17H,7H2,1-3H3. The zero-order valence-corrected chi connectivity index (χ0v) is 12.5. The molecule has 0 bridgehead atoms. The van der Waals surface area contributed by atoms with Crippen LogP contribution in [0.3, 0.4) is 0 Å². The molecular formula is C14H18F2N2OS. The first-order chi connectivity index (χ1) is 9.43. The minimum Gasteiger partial charge on any atom is -0.320 e. The predicted molar refractivity (Wildman–Crippen MR) is 76.4 cm³/mol. The summed E-state index contributed by atoms with van der Waals surface area (Å²) in [6.07, 6.45) is 1.43. The fourth-order valence-electron chi connectivity index (χ4n) is 2.30. The molecule has 1 fully saturated rings. The number of thioether (sulfide) groups is 1. The minimum absolute atomic E-state index is 0.0559. The molecule has 3 atom stereocenters. The van der Waals surface area contributed by atoms with Gasteiger partial charge in [0.1, 0.15) is 17.8 Å². The van der Waals surface area contributed by atoms with Crippen molar-refractivity contribution < 1.29 is 13.6 Å². The van der Waals surface area contributed by atoms with Gasteiger partial charge < -0.3 is 4.90 Å². The largest absolute Gasteiger partial charge is 0.320 e. The molecule has 1 aromatic carbocycles. The van der Waals surface area contributed by atoms with E-state index in [1.807, 2.05) is 13.2 Å². The van der Waals surface area contributed by atoms with Crippen molar-refractivity contribution in [2.75, 3.05) is 12.8 Å². The predicted octanol–water partition coefficient (Wildman–Crippen LogP) is 2.54. The Balaban J connectivity index is 2.30. The van der Waals surface area contributed by atoms with Crippen molar-refractivity contribution in [3.63, 3.8) is 0 Å². The van der Waals surface area contributed by atoms with E-state index in [4.69, 9.17) is 0 Å². The second-order valence-corrected chi connectivity index (χ2v) is 6.27. The van der Waals surface area contributed by atoms with Crippen molar-refractivity contribution in [1.82, 2.24) is 10.2 Å². The first-order valence-corrected chi connectivity index (χ1v) is 7.77. The van der Waals surface area contributed by atoms with Crippen molar-refractivity contribution in [1.29, 1.82) is 0 Å². The molecule has 0 aromatic heterocycles. The van der Waals surface area contributed by atoms with E-state index in [0.717, 1.165) is 6.07 Å². The van der Waals surface area contributed by atoms with Gasteiger partial charge in [-0.05, 0) is 25.3 Å². The summed E-state index contributed by atoms with van der Waals surface area (Å²) >= 11 is 1.64. The lowest BCUT2D eigenvalue weighted by Gasteiger charge is -2.27. The van der Waals surface area contributed by atoms with Gasteiger partial charge in [0, 0.05) is 23.4 Å². The maximum absolute atomic E-state index is 13.9.